The third-order valence-corrected chi connectivity index (χ3v) is 3.23. The molecule has 5 nitrogen and oxygen atoms in total. The summed E-state index contributed by atoms with van der Waals surface area (Å²) in [5.41, 5.74) is 5.70. The molecule has 0 spiro atoms. The first-order chi connectivity index (χ1) is 7.27. The standard InChI is InChI=1S/C10H14N4O/c11-10-12-4-6-14(10)8-3-5-13(9(8)15)7-1-2-7/h4,6-8H,1-3,5H2,(H2,11,12). The van der Waals surface area contributed by atoms with Crippen LogP contribution in [0, 0.1) is 0 Å². The van der Waals surface area contributed by atoms with Crippen molar-refractivity contribution < 1.29 is 4.79 Å². The largest absolute Gasteiger partial charge is 0.369 e. The lowest BCUT2D eigenvalue weighted by atomic mass is 10.2. The number of aromatic nitrogens is 2. The smallest absolute Gasteiger partial charge is 0.246 e. The molecule has 1 aliphatic carbocycles. The third-order valence-electron chi connectivity index (χ3n) is 3.23. The van der Waals surface area contributed by atoms with Gasteiger partial charge in [0, 0.05) is 25.0 Å². The van der Waals surface area contributed by atoms with Gasteiger partial charge in [-0.05, 0) is 19.3 Å². The van der Waals surface area contributed by atoms with Gasteiger partial charge in [0.05, 0.1) is 0 Å². The number of amides is 1. The summed E-state index contributed by atoms with van der Waals surface area (Å²) in [5.74, 6) is 0.646. The number of carbonyl (C=O) groups is 1. The summed E-state index contributed by atoms with van der Waals surface area (Å²) in [6.45, 7) is 0.867. The van der Waals surface area contributed by atoms with Gasteiger partial charge >= 0.3 is 0 Å². The van der Waals surface area contributed by atoms with E-state index in [9.17, 15) is 4.79 Å². The number of hydrogen-bond donors (Lipinski definition) is 1. The van der Waals surface area contributed by atoms with E-state index in [4.69, 9.17) is 5.73 Å². The van der Waals surface area contributed by atoms with Crippen LogP contribution in [-0.2, 0) is 4.79 Å². The number of nitrogen functional groups attached to an aromatic ring is 1. The van der Waals surface area contributed by atoms with Crippen molar-refractivity contribution in [2.24, 2.45) is 0 Å². The Labute approximate surface area is 87.9 Å². The zero-order chi connectivity index (χ0) is 10.4. The fraction of sp³-hybridized carbons (Fsp3) is 0.600. The highest BCUT2D eigenvalue weighted by Gasteiger charge is 2.41. The molecular weight excluding hydrogens is 192 g/mol. The first kappa shape index (κ1) is 8.76. The number of imidazole rings is 1. The van der Waals surface area contributed by atoms with E-state index in [-0.39, 0.29) is 11.9 Å². The maximum atomic E-state index is 12.1. The van der Waals surface area contributed by atoms with Crippen LogP contribution in [0.3, 0.4) is 0 Å². The maximum Gasteiger partial charge on any atom is 0.246 e. The highest BCUT2D eigenvalue weighted by Crippen LogP contribution is 2.34. The van der Waals surface area contributed by atoms with Crippen LogP contribution in [0.25, 0.3) is 0 Å². The molecule has 0 radical (unpaired) electrons. The first-order valence-corrected chi connectivity index (χ1v) is 5.36. The second kappa shape index (κ2) is 2.98. The van der Waals surface area contributed by atoms with Crippen molar-refractivity contribution in [2.45, 2.75) is 31.3 Å². The average Bonchev–Trinajstić information content (AvgIpc) is 2.87. The lowest BCUT2D eigenvalue weighted by Crippen LogP contribution is -2.30. The zero-order valence-electron chi connectivity index (χ0n) is 8.47. The van der Waals surface area contributed by atoms with Crippen LogP contribution in [0.4, 0.5) is 5.95 Å². The topological polar surface area (TPSA) is 64.2 Å². The Balaban J connectivity index is 1.84. The molecule has 2 N–H and O–H groups in total. The van der Waals surface area contributed by atoms with Crippen LogP contribution in [0.2, 0.25) is 0 Å². The van der Waals surface area contributed by atoms with Crippen LogP contribution < -0.4 is 5.73 Å². The van der Waals surface area contributed by atoms with Crippen LogP contribution in [-0.4, -0.2) is 32.9 Å². The van der Waals surface area contributed by atoms with Crippen molar-refractivity contribution in [1.82, 2.24) is 14.5 Å². The minimum Gasteiger partial charge on any atom is -0.369 e. The molecule has 3 rings (SSSR count). The number of carbonyl (C=O) groups excluding carboxylic acids is 1. The van der Waals surface area contributed by atoms with Crippen LogP contribution in [0.1, 0.15) is 25.3 Å². The van der Waals surface area contributed by atoms with Crippen LogP contribution in [0.5, 0.6) is 0 Å². The Morgan fingerprint density at radius 3 is 2.80 bits per heavy atom. The average molecular weight is 206 g/mol. The normalized spacial score (nSPS) is 26.3. The zero-order valence-corrected chi connectivity index (χ0v) is 8.47. The summed E-state index contributed by atoms with van der Waals surface area (Å²) in [6, 6.07) is 0.389. The second-order valence-corrected chi connectivity index (χ2v) is 4.26. The molecule has 1 atom stereocenters. The maximum absolute atomic E-state index is 12.1. The van der Waals surface area contributed by atoms with Gasteiger partial charge in [-0.15, -0.1) is 0 Å². The highest BCUT2D eigenvalue weighted by molar-refractivity contribution is 5.83. The molecule has 2 fully saturated rings. The fourth-order valence-electron chi connectivity index (χ4n) is 2.28. The Hall–Kier alpha value is -1.52. The number of anilines is 1. The van der Waals surface area contributed by atoms with E-state index >= 15 is 0 Å². The van der Waals surface area contributed by atoms with E-state index in [1.54, 1.807) is 17.0 Å². The lowest BCUT2D eigenvalue weighted by molar-refractivity contribution is -0.130. The summed E-state index contributed by atoms with van der Waals surface area (Å²) < 4.78 is 1.78. The summed E-state index contributed by atoms with van der Waals surface area (Å²) >= 11 is 0. The molecule has 2 aliphatic rings. The van der Waals surface area contributed by atoms with Gasteiger partial charge in [-0.1, -0.05) is 0 Å². The number of likely N-dealkylation sites (tertiary alicyclic amines) is 1. The molecule has 0 aromatic carbocycles. The Morgan fingerprint density at radius 2 is 2.20 bits per heavy atom. The molecule has 1 amide bonds. The molecule has 1 aromatic heterocycles. The van der Waals surface area contributed by atoms with Gasteiger partial charge in [0.2, 0.25) is 11.9 Å². The van der Waals surface area contributed by atoms with Gasteiger partial charge in [-0.2, -0.15) is 0 Å². The van der Waals surface area contributed by atoms with Gasteiger partial charge in [0.15, 0.2) is 0 Å². The minimum absolute atomic E-state index is 0.118. The summed E-state index contributed by atoms with van der Waals surface area (Å²) in [7, 11) is 0. The summed E-state index contributed by atoms with van der Waals surface area (Å²) in [6.07, 6.45) is 6.61. The molecule has 1 saturated carbocycles. The molecule has 15 heavy (non-hydrogen) atoms. The van der Waals surface area contributed by atoms with Gasteiger partial charge in [0.1, 0.15) is 6.04 Å². The summed E-state index contributed by atoms with van der Waals surface area (Å²) in [4.78, 5) is 18.0. The van der Waals surface area contributed by atoms with Crippen molar-refractivity contribution in [3.8, 4) is 0 Å². The first-order valence-electron chi connectivity index (χ1n) is 5.36. The molecule has 1 aliphatic heterocycles. The van der Waals surface area contributed by atoms with E-state index in [0.717, 1.165) is 25.8 Å². The number of nitrogens with zero attached hydrogens (tertiary/aromatic N) is 3. The van der Waals surface area contributed by atoms with E-state index in [0.29, 0.717) is 12.0 Å². The van der Waals surface area contributed by atoms with E-state index in [1.165, 1.54) is 0 Å². The second-order valence-electron chi connectivity index (χ2n) is 4.26. The number of nitrogens with two attached hydrogens (primary N) is 1. The molecule has 5 heteroatoms. The lowest BCUT2D eigenvalue weighted by Gasteiger charge is -2.16. The quantitative estimate of drug-likeness (QED) is 0.761. The van der Waals surface area contributed by atoms with E-state index < -0.39 is 0 Å². The Morgan fingerprint density at radius 1 is 1.40 bits per heavy atom. The predicted octanol–water partition coefficient (Wildman–Crippen LogP) is 0.401. The van der Waals surface area contributed by atoms with Gasteiger partial charge in [0.25, 0.3) is 0 Å². The summed E-state index contributed by atoms with van der Waals surface area (Å²) in [5, 5.41) is 0. The van der Waals surface area contributed by atoms with Gasteiger partial charge in [-0.25, -0.2) is 4.98 Å². The molecular formula is C10H14N4O. The van der Waals surface area contributed by atoms with E-state index in [1.807, 2.05) is 4.90 Å². The van der Waals surface area contributed by atoms with Crippen LogP contribution >= 0.6 is 0 Å². The fourth-order valence-corrected chi connectivity index (χ4v) is 2.28. The molecule has 0 bridgehead atoms. The Bertz CT molecular complexity index is 396. The van der Waals surface area contributed by atoms with Crippen LogP contribution in [0.15, 0.2) is 12.4 Å². The molecule has 1 aromatic rings. The van der Waals surface area contributed by atoms with Gasteiger partial charge < -0.3 is 15.2 Å². The van der Waals surface area contributed by atoms with Gasteiger partial charge in [-0.3, -0.25) is 4.79 Å². The van der Waals surface area contributed by atoms with Crippen molar-refractivity contribution in [2.75, 3.05) is 12.3 Å². The SMILES string of the molecule is Nc1nccn1C1CCN(C2CC2)C1=O. The minimum atomic E-state index is -0.118. The van der Waals surface area contributed by atoms with Crippen molar-refractivity contribution >= 4 is 11.9 Å². The molecule has 2 heterocycles. The molecule has 1 saturated heterocycles. The third kappa shape index (κ3) is 1.30. The Kier molecular flexibility index (Phi) is 1.74. The number of hydrogen-bond acceptors (Lipinski definition) is 3. The molecule has 1 unspecified atom stereocenters. The van der Waals surface area contributed by atoms with Crippen molar-refractivity contribution in [3.05, 3.63) is 12.4 Å². The monoisotopic (exact) mass is 206 g/mol. The van der Waals surface area contributed by atoms with Crippen molar-refractivity contribution in [1.29, 1.82) is 0 Å². The van der Waals surface area contributed by atoms with Crippen molar-refractivity contribution in [3.63, 3.8) is 0 Å². The van der Waals surface area contributed by atoms with E-state index in [2.05, 4.69) is 4.98 Å². The molecule has 80 valence electrons. The highest BCUT2D eigenvalue weighted by atomic mass is 16.2. The number of rotatable bonds is 2. The predicted molar refractivity (Wildman–Crippen MR) is 55.0 cm³/mol.